The summed E-state index contributed by atoms with van der Waals surface area (Å²) < 4.78 is 113. The zero-order valence-electron chi connectivity index (χ0n) is 8.84. The van der Waals surface area contributed by atoms with Gasteiger partial charge in [-0.15, -0.1) is 13.2 Å². The molecule has 0 saturated carbocycles. The van der Waals surface area contributed by atoms with Gasteiger partial charge in [0.1, 0.15) is 5.75 Å². The fraction of sp³-hybridized carbons (Fsp3) is 0.333. The van der Waals surface area contributed by atoms with Crippen LogP contribution in [0.3, 0.4) is 0 Å². The van der Waals surface area contributed by atoms with Gasteiger partial charge in [0.15, 0.2) is 0 Å². The van der Waals surface area contributed by atoms with Crippen LogP contribution >= 0.6 is 22.6 Å². The summed E-state index contributed by atoms with van der Waals surface area (Å²) in [5, 5.41) is 0. The highest BCUT2D eigenvalue weighted by molar-refractivity contribution is 14.1. The molecule has 0 fully saturated rings. The smallest absolute Gasteiger partial charge is 0.406 e. The first-order valence-corrected chi connectivity index (χ1v) is 5.53. The van der Waals surface area contributed by atoms with E-state index in [9.17, 15) is 39.5 Å². The van der Waals surface area contributed by atoms with Crippen molar-refractivity contribution in [1.29, 1.82) is 0 Å². The highest BCUT2D eigenvalue weighted by atomic mass is 127. The van der Waals surface area contributed by atoms with Gasteiger partial charge in [-0.25, -0.2) is 0 Å². The molecule has 0 amide bonds. The van der Waals surface area contributed by atoms with Gasteiger partial charge in [-0.3, -0.25) is 0 Å². The van der Waals surface area contributed by atoms with Gasteiger partial charge in [0.05, 0.1) is 11.1 Å². The summed E-state index contributed by atoms with van der Waals surface area (Å²) in [6.45, 7) is 0. The van der Waals surface area contributed by atoms with E-state index < -0.39 is 39.2 Å². The fourth-order valence-electron chi connectivity index (χ4n) is 1.20. The Bertz CT molecular complexity index is 465. The van der Waals surface area contributed by atoms with Crippen molar-refractivity contribution < 1.29 is 44.3 Å². The lowest BCUT2D eigenvalue weighted by atomic mass is 10.1. The monoisotopic (exact) mass is 424 g/mol. The molecule has 0 atom stereocenters. The number of hydrogen-bond donors (Lipinski definition) is 0. The molecule has 0 aliphatic heterocycles. The standard InChI is InChI=1S/C9H2F9IO/c10-7(11,12)4-1-3(20-9(16,17)18)2-5(6(4)19)8(13,14)15/h1-2H. The van der Waals surface area contributed by atoms with Crippen LogP contribution < -0.4 is 4.74 Å². The number of rotatable bonds is 1. The largest absolute Gasteiger partial charge is 0.573 e. The first kappa shape index (κ1) is 17.2. The number of ether oxygens (including phenoxy) is 1. The lowest BCUT2D eigenvalue weighted by molar-refractivity contribution is -0.275. The van der Waals surface area contributed by atoms with Gasteiger partial charge in [0.2, 0.25) is 0 Å². The van der Waals surface area contributed by atoms with E-state index in [2.05, 4.69) is 4.74 Å². The Kier molecular flexibility index (Phi) is 4.42. The van der Waals surface area contributed by atoms with Crippen LogP contribution in [0.15, 0.2) is 12.1 Å². The molecule has 0 N–H and O–H groups in total. The van der Waals surface area contributed by atoms with E-state index in [1.807, 2.05) is 0 Å². The van der Waals surface area contributed by atoms with Gasteiger partial charge in [0.25, 0.3) is 0 Å². The Labute approximate surface area is 118 Å². The van der Waals surface area contributed by atoms with Crippen LogP contribution in [-0.4, -0.2) is 6.36 Å². The van der Waals surface area contributed by atoms with E-state index in [0.29, 0.717) is 0 Å². The third kappa shape index (κ3) is 4.31. The van der Waals surface area contributed by atoms with Gasteiger partial charge in [-0.05, 0) is 34.7 Å². The predicted molar refractivity (Wildman–Crippen MR) is 55.8 cm³/mol. The zero-order chi connectivity index (χ0) is 15.9. The molecule has 0 aromatic heterocycles. The Morgan fingerprint density at radius 1 is 0.750 bits per heavy atom. The summed E-state index contributed by atoms with van der Waals surface area (Å²) >= 11 is 0.769. The molecule has 0 aliphatic carbocycles. The van der Waals surface area contributed by atoms with Crippen molar-refractivity contribution in [3.63, 3.8) is 0 Å². The van der Waals surface area contributed by atoms with Crippen molar-refractivity contribution in [2.45, 2.75) is 18.7 Å². The van der Waals surface area contributed by atoms with E-state index in [-0.39, 0.29) is 12.1 Å². The third-order valence-electron chi connectivity index (χ3n) is 1.89. The van der Waals surface area contributed by atoms with Crippen molar-refractivity contribution in [2.24, 2.45) is 0 Å². The van der Waals surface area contributed by atoms with Crippen molar-refractivity contribution >= 4 is 22.6 Å². The molecule has 0 saturated heterocycles. The van der Waals surface area contributed by atoms with E-state index in [1.54, 1.807) is 0 Å². The molecule has 0 radical (unpaired) electrons. The lowest BCUT2D eigenvalue weighted by Crippen LogP contribution is -2.20. The number of hydrogen-bond acceptors (Lipinski definition) is 1. The summed E-state index contributed by atoms with van der Waals surface area (Å²) in [6.07, 6.45) is -15.9. The molecule has 11 heteroatoms. The summed E-state index contributed by atoms with van der Waals surface area (Å²) in [5.74, 6) is -1.59. The van der Waals surface area contributed by atoms with E-state index in [4.69, 9.17) is 0 Å². The Hall–Kier alpha value is -0.880. The van der Waals surface area contributed by atoms with Crippen LogP contribution in [0.25, 0.3) is 0 Å². The first-order chi connectivity index (χ1) is 8.72. The second-order valence-corrected chi connectivity index (χ2v) is 4.45. The molecular formula is C9H2F9IO. The highest BCUT2D eigenvalue weighted by Gasteiger charge is 2.42. The average molecular weight is 424 g/mol. The maximum absolute atomic E-state index is 12.5. The minimum Gasteiger partial charge on any atom is -0.406 e. The Morgan fingerprint density at radius 2 is 1.10 bits per heavy atom. The number of benzene rings is 1. The average Bonchev–Trinajstić information content (AvgIpc) is 2.14. The number of halogens is 10. The maximum atomic E-state index is 12.5. The molecule has 1 rings (SSSR count). The molecule has 0 heterocycles. The minimum atomic E-state index is -5.40. The molecule has 0 aliphatic rings. The zero-order valence-corrected chi connectivity index (χ0v) is 11.0. The van der Waals surface area contributed by atoms with E-state index >= 15 is 0 Å². The molecule has 0 bridgehead atoms. The number of alkyl halides is 9. The van der Waals surface area contributed by atoms with Crippen LogP contribution in [0, 0.1) is 3.57 Å². The van der Waals surface area contributed by atoms with Crippen LogP contribution in [0.2, 0.25) is 0 Å². The summed E-state index contributed by atoms with van der Waals surface area (Å²) in [4.78, 5) is 0. The quantitative estimate of drug-likeness (QED) is 0.444. The van der Waals surface area contributed by atoms with Gasteiger partial charge in [0, 0.05) is 3.57 Å². The third-order valence-corrected chi connectivity index (χ3v) is 3.05. The molecule has 1 aromatic rings. The Morgan fingerprint density at radius 3 is 1.35 bits per heavy atom. The van der Waals surface area contributed by atoms with Gasteiger partial charge < -0.3 is 4.74 Å². The molecule has 114 valence electrons. The van der Waals surface area contributed by atoms with Crippen LogP contribution in [0.1, 0.15) is 11.1 Å². The van der Waals surface area contributed by atoms with Crippen molar-refractivity contribution in [1.82, 2.24) is 0 Å². The fourth-order valence-corrected chi connectivity index (χ4v) is 2.13. The van der Waals surface area contributed by atoms with Crippen molar-refractivity contribution in [3.05, 3.63) is 26.8 Å². The second kappa shape index (κ2) is 5.15. The van der Waals surface area contributed by atoms with Crippen LogP contribution in [0.4, 0.5) is 39.5 Å². The molecule has 0 spiro atoms. The highest BCUT2D eigenvalue weighted by Crippen LogP contribution is 2.43. The SMILES string of the molecule is FC(F)(F)Oc1cc(C(F)(F)F)c(I)c(C(F)(F)F)c1. The van der Waals surface area contributed by atoms with E-state index in [1.165, 1.54) is 0 Å². The first-order valence-electron chi connectivity index (χ1n) is 4.45. The molecule has 1 aromatic carbocycles. The molecule has 20 heavy (non-hydrogen) atoms. The predicted octanol–water partition coefficient (Wildman–Crippen LogP) is 5.23. The van der Waals surface area contributed by atoms with Gasteiger partial charge in [-0.1, -0.05) is 0 Å². The second-order valence-electron chi connectivity index (χ2n) is 3.38. The summed E-state index contributed by atoms with van der Waals surface area (Å²) in [5.41, 5.74) is -3.71. The topological polar surface area (TPSA) is 9.23 Å². The van der Waals surface area contributed by atoms with Gasteiger partial charge in [-0.2, -0.15) is 26.3 Å². The van der Waals surface area contributed by atoms with Crippen LogP contribution in [0.5, 0.6) is 5.75 Å². The maximum Gasteiger partial charge on any atom is 0.573 e. The minimum absolute atomic E-state index is 0.134. The molecule has 0 unspecified atom stereocenters. The lowest BCUT2D eigenvalue weighted by Gasteiger charge is -2.18. The van der Waals surface area contributed by atoms with Gasteiger partial charge >= 0.3 is 18.7 Å². The van der Waals surface area contributed by atoms with Crippen molar-refractivity contribution in [3.8, 4) is 5.75 Å². The molecule has 1 nitrogen and oxygen atoms in total. The normalized spacial score (nSPS) is 13.5. The van der Waals surface area contributed by atoms with E-state index in [0.717, 1.165) is 22.6 Å². The Balaban J connectivity index is 3.51. The van der Waals surface area contributed by atoms with Crippen LogP contribution in [-0.2, 0) is 12.4 Å². The van der Waals surface area contributed by atoms with Crippen molar-refractivity contribution in [2.75, 3.05) is 0 Å². The summed E-state index contributed by atoms with van der Waals surface area (Å²) in [7, 11) is 0. The molecular weight excluding hydrogens is 422 g/mol. The summed E-state index contributed by atoms with van der Waals surface area (Å²) in [6, 6.07) is -0.269.